The summed E-state index contributed by atoms with van der Waals surface area (Å²) in [6, 6.07) is 9.49. The molecule has 1 aromatic rings. The van der Waals surface area contributed by atoms with Gasteiger partial charge in [-0.3, -0.25) is 4.79 Å². The van der Waals surface area contributed by atoms with E-state index in [-0.39, 0.29) is 6.42 Å². The van der Waals surface area contributed by atoms with Gasteiger partial charge in [-0.05, 0) is 24.6 Å². The highest BCUT2D eigenvalue weighted by Crippen LogP contribution is 2.06. The maximum absolute atomic E-state index is 10.3. The van der Waals surface area contributed by atoms with Crippen LogP contribution in [0.4, 0.5) is 0 Å². The normalized spacial score (nSPS) is 9.69. The molecule has 0 aromatic heterocycles. The summed E-state index contributed by atoms with van der Waals surface area (Å²) in [5, 5.41) is 20.4. The molecule has 1 aromatic carbocycles. The molecule has 1 rings (SSSR count). The Labute approximate surface area is 94.5 Å². The number of hydrogen-bond donors (Lipinski definition) is 2. The topological polar surface area (TPSA) is 73.1 Å². The van der Waals surface area contributed by atoms with Crippen LogP contribution >= 0.6 is 0 Å². The predicted octanol–water partition coefficient (Wildman–Crippen LogP) is 1.51. The minimum Gasteiger partial charge on any atom is -0.481 e. The van der Waals surface area contributed by atoms with Gasteiger partial charge in [0.1, 0.15) is 0 Å². The summed E-state index contributed by atoms with van der Waals surface area (Å²) in [5.74, 6) is -0.778. The summed E-state index contributed by atoms with van der Waals surface area (Å²) >= 11 is 0. The third-order valence-electron chi connectivity index (χ3n) is 2.20. The third kappa shape index (κ3) is 4.11. The van der Waals surface area contributed by atoms with E-state index in [0.717, 1.165) is 5.56 Å². The molecule has 0 spiro atoms. The lowest BCUT2D eigenvalue weighted by molar-refractivity contribution is -0.137. The Balaban J connectivity index is 2.32. The molecule has 0 aliphatic rings. The van der Waals surface area contributed by atoms with Crippen molar-refractivity contribution in [2.45, 2.75) is 19.4 Å². The molecule has 2 N–H and O–H groups in total. The second kappa shape index (κ2) is 6.59. The molecule has 4 nitrogen and oxygen atoms in total. The first-order chi connectivity index (χ1) is 7.74. The van der Waals surface area contributed by atoms with Gasteiger partial charge in [0.05, 0.1) is 11.6 Å². The van der Waals surface area contributed by atoms with Gasteiger partial charge < -0.3 is 10.4 Å². The number of carbonyl (C=O) groups is 1. The van der Waals surface area contributed by atoms with Crippen LogP contribution in [0.25, 0.3) is 0 Å². The molecule has 0 bridgehead atoms. The Kier molecular flexibility index (Phi) is 5.03. The van der Waals surface area contributed by atoms with Crippen molar-refractivity contribution >= 4 is 5.97 Å². The number of carboxylic acid groups (broad SMARTS) is 1. The van der Waals surface area contributed by atoms with Crippen molar-refractivity contribution in [3.63, 3.8) is 0 Å². The van der Waals surface area contributed by atoms with Gasteiger partial charge in [0.15, 0.2) is 0 Å². The summed E-state index contributed by atoms with van der Waals surface area (Å²) < 4.78 is 0. The van der Waals surface area contributed by atoms with E-state index in [2.05, 4.69) is 11.4 Å². The van der Waals surface area contributed by atoms with Crippen LogP contribution < -0.4 is 5.32 Å². The van der Waals surface area contributed by atoms with E-state index in [1.54, 1.807) is 6.07 Å². The van der Waals surface area contributed by atoms with Crippen LogP contribution in [0.1, 0.15) is 24.0 Å². The van der Waals surface area contributed by atoms with E-state index in [9.17, 15) is 4.79 Å². The van der Waals surface area contributed by atoms with E-state index in [0.29, 0.717) is 25.1 Å². The van der Waals surface area contributed by atoms with Gasteiger partial charge >= 0.3 is 5.97 Å². The van der Waals surface area contributed by atoms with Crippen LogP contribution in [0.5, 0.6) is 0 Å². The zero-order chi connectivity index (χ0) is 11.8. The molecule has 0 fully saturated rings. The van der Waals surface area contributed by atoms with E-state index < -0.39 is 5.97 Å². The molecule has 0 aliphatic heterocycles. The molecule has 0 amide bonds. The van der Waals surface area contributed by atoms with Gasteiger partial charge in [-0.25, -0.2) is 0 Å². The van der Waals surface area contributed by atoms with Gasteiger partial charge in [-0.1, -0.05) is 18.2 Å². The number of rotatable bonds is 6. The molecule has 0 saturated carbocycles. The zero-order valence-corrected chi connectivity index (χ0v) is 8.94. The van der Waals surface area contributed by atoms with Gasteiger partial charge in [0.2, 0.25) is 0 Å². The average molecular weight is 218 g/mol. The molecule has 0 atom stereocenters. The molecule has 0 unspecified atom stereocenters. The fourth-order valence-electron chi connectivity index (χ4n) is 1.37. The summed E-state index contributed by atoms with van der Waals surface area (Å²) in [6.45, 7) is 1.25. The van der Waals surface area contributed by atoms with Gasteiger partial charge in [-0.15, -0.1) is 0 Å². The summed E-state index contributed by atoms with van der Waals surface area (Å²) in [6.07, 6.45) is 0.775. The lowest BCUT2D eigenvalue weighted by Gasteiger charge is -2.05. The highest BCUT2D eigenvalue weighted by molar-refractivity contribution is 5.66. The summed E-state index contributed by atoms with van der Waals surface area (Å²) in [7, 11) is 0. The van der Waals surface area contributed by atoms with Crippen molar-refractivity contribution in [1.29, 1.82) is 5.26 Å². The van der Waals surface area contributed by atoms with Gasteiger partial charge in [0.25, 0.3) is 0 Å². The van der Waals surface area contributed by atoms with Crippen molar-refractivity contribution in [2.24, 2.45) is 0 Å². The monoisotopic (exact) mass is 218 g/mol. The molecule has 0 saturated heterocycles. The first-order valence-electron chi connectivity index (χ1n) is 5.14. The van der Waals surface area contributed by atoms with Crippen LogP contribution in [0.2, 0.25) is 0 Å². The molecule has 4 heteroatoms. The minimum absolute atomic E-state index is 0.174. The Morgan fingerprint density at radius 1 is 1.44 bits per heavy atom. The Morgan fingerprint density at radius 2 is 2.19 bits per heavy atom. The lowest BCUT2D eigenvalue weighted by Crippen LogP contribution is -2.16. The highest BCUT2D eigenvalue weighted by atomic mass is 16.4. The number of hydrogen-bond acceptors (Lipinski definition) is 3. The number of nitriles is 1. The first kappa shape index (κ1) is 12.2. The Hall–Kier alpha value is -1.86. The van der Waals surface area contributed by atoms with Crippen LogP contribution in [0.3, 0.4) is 0 Å². The average Bonchev–Trinajstić information content (AvgIpc) is 2.29. The van der Waals surface area contributed by atoms with Crippen molar-refractivity contribution in [1.82, 2.24) is 5.32 Å². The molecule has 84 valence electrons. The number of aliphatic carboxylic acids is 1. The van der Waals surface area contributed by atoms with E-state index in [1.807, 2.05) is 18.2 Å². The van der Waals surface area contributed by atoms with Crippen molar-refractivity contribution in [2.75, 3.05) is 6.54 Å². The second-order valence-corrected chi connectivity index (χ2v) is 3.44. The minimum atomic E-state index is -0.778. The van der Waals surface area contributed by atoms with E-state index in [1.165, 1.54) is 0 Å². The standard InChI is InChI=1S/C12H14N2O2/c13-8-10-4-1-2-5-11(10)9-14-7-3-6-12(15)16/h1-2,4-5,14H,3,6-7,9H2,(H,15,16). The zero-order valence-electron chi connectivity index (χ0n) is 8.94. The second-order valence-electron chi connectivity index (χ2n) is 3.44. The quantitative estimate of drug-likeness (QED) is 0.710. The highest BCUT2D eigenvalue weighted by Gasteiger charge is 2.00. The molecule has 16 heavy (non-hydrogen) atoms. The van der Waals surface area contributed by atoms with Crippen molar-refractivity contribution in [3.05, 3.63) is 35.4 Å². The molecular weight excluding hydrogens is 204 g/mol. The summed E-state index contributed by atoms with van der Waals surface area (Å²) in [5.41, 5.74) is 1.61. The Morgan fingerprint density at radius 3 is 2.88 bits per heavy atom. The van der Waals surface area contributed by atoms with Crippen LogP contribution in [0.15, 0.2) is 24.3 Å². The molecule has 0 heterocycles. The first-order valence-corrected chi connectivity index (χ1v) is 5.14. The number of carboxylic acids is 1. The molecule has 0 aliphatic carbocycles. The van der Waals surface area contributed by atoms with Crippen molar-refractivity contribution < 1.29 is 9.90 Å². The van der Waals surface area contributed by atoms with Gasteiger partial charge in [0, 0.05) is 13.0 Å². The van der Waals surface area contributed by atoms with Crippen LogP contribution in [0, 0.1) is 11.3 Å². The molecule has 0 radical (unpaired) electrons. The maximum atomic E-state index is 10.3. The van der Waals surface area contributed by atoms with Gasteiger partial charge in [-0.2, -0.15) is 5.26 Å². The molecular formula is C12H14N2O2. The van der Waals surface area contributed by atoms with Crippen LogP contribution in [-0.4, -0.2) is 17.6 Å². The smallest absolute Gasteiger partial charge is 0.303 e. The fourth-order valence-corrected chi connectivity index (χ4v) is 1.37. The number of nitrogens with zero attached hydrogens (tertiary/aromatic N) is 1. The number of benzene rings is 1. The van der Waals surface area contributed by atoms with Crippen LogP contribution in [-0.2, 0) is 11.3 Å². The maximum Gasteiger partial charge on any atom is 0.303 e. The van der Waals surface area contributed by atoms with E-state index >= 15 is 0 Å². The van der Waals surface area contributed by atoms with E-state index in [4.69, 9.17) is 10.4 Å². The third-order valence-corrected chi connectivity index (χ3v) is 2.20. The Bertz CT molecular complexity index is 396. The summed E-state index contributed by atoms with van der Waals surface area (Å²) in [4.78, 5) is 10.3. The SMILES string of the molecule is N#Cc1ccccc1CNCCCC(=O)O. The largest absolute Gasteiger partial charge is 0.481 e. The van der Waals surface area contributed by atoms with Crippen molar-refractivity contribution in [3.8, 4) is 6.07 Å². The fraction of sp³-hybridized carbons (Fsp3) is 0.333. The predicted molar refractivity (Wildman–Crippen MR) is 59.7 cm³/mol. The number of nitrogens with one attached hydrogen (secondary N) is 1. The lowest BCUT2D eigenvalue weighted by atomic mass is 10.1.